The standard InChI is InChI=1S/C13H18FN3/c1-2-17(8-4-7-15)13(10-16)11-5-3-6-12(14)9-11/h3,5-6,9,13H,2,4,8,10,16H2,1H3. The van der Waals surface area contributed by atoms with Gasteiger partial charge in [0, 0.05) is 25.6 Å². The molecular weight excluding hydrogens is 217 g/mol. The third-order valence-electron chi connectivity index (χ3n) is 2.81. The number of rotatable bonds is 6. The van der Waals surface area contributed by atoms with Crippen LogP contribution in [0.3, 0.4) is 0 Å². The van der Waals surface area contributed by atoms with Gasteiger partial charge in [-0.05, 0) is 24.2 Å². The topological polar surface area (TPSA) is 53.0 Å². The van der Waals surface area contributed by atoms with E-state index in [4.69, 9.17) is 11.0 Å². The zero-order valence-electron chi connectivity index (χ0n) is 10.1. The molecule has 0 spiro atoms. The molecule has 0 radical (unpaired) electrons. The van der Waals surface area contributed by atoms with E-state index in [9.17, 15) is 4.39 Å². The van der Waals surface area contributed by atoms with Crippen molar-refractivity contribution in [2.45, 2.75) is 19.4 Å². The first-order valence-electron chi connectivity index (χ1n) is 5.79. The molecule has 0 aliphatic carbocycles. The Bertz CT molecular complexity index is 386. The van der Waals surface area contributed by atoms with Gasteiger partial charge in [-0.2, -0.15) is 5.26 Å². The number of hydrogen-bond acceptors (Lipinski definition) is 3. The predicted octanol–water partition coefficient (Wildman–Crippen LogP) is 2.06. The first-order chi connectivity index (χ1) is 8.22. The summed E-state index contributed by atoms with van der Waals surface area (Å²) in [4.78, 5) is 2.10. The van der Waals surface area contributed by atoms with E-state index in [-0.39, 0.29) is 11.9 Å². The van der Waals surface area contributed by atoms with Gasteiger partial charge >= 0.3 is 0 Å². The molecule has 0 fully saturated rings. The maximum absolute atomic E-state index is 13.2. The highest BCUT2D eigenvalue weighted by molar-refractivity contribution is 5.20. The van der Waals surface area contributed by atoms with E-state index < -0.39 is 0 Å². The van der Waals surface area contributed by atoms with Crippen LogP contribution in [0.5, 0.6) is 0 Å². The van der Waals surface area contributed by atoms with Crippen molar-refractivity contribution in [3.63, 3.8) is 0 Å². The molecule has 1 unspecified atom stereocenters. The highest BCUT2D eigenvalue weighted by atomic mass is 19.1. The van der Waals surface area contributed by atoms with Gasteiger partial charge in [0.2, 0.25) is 0 Å². The van der Waals surface area contributed by atoms with Crippen molar-refractivity contribution >= 4 is 0 Å². The van der Waals surface area contributed by atoms with Crippen LogP contribution in [0.2, 0.25) is 0 Å². The molecule has 0 heterocycles. The predicted molar refractivity (Wildman–Crippen MR) is 65.7 cm³/mol. The van der Waals surface area contributed by atoms with Crippen LogP contribution in [0.15, 0.2) is 24.3 Å². The molecule has 0 amide bonds. The fraction of sp³-hybridized carbons (Fsp3) is 0.462. The van der Waals surface area contributed by atoms with Gasteiger partial charge in [-0.15, -0.1) is 0 Å². The van der Waals surface area contributed by atoms with Crippen molar-refractivity contribution in [2.24, 2.45) is 5.73 Å². The third kappa shape index (κ3) is 3.81. The first-order valence-corrected chi connectivity index (χ1v) is 5.79. The number of halogens is 1. The maximum atomic E-state index is 13.2. The minimum Gasteiger partial charge on any atom is -0.329 e. The van der Waals surface area contributed by atoms with Crippen LogP contribution in [0, 0.1) is 17.1 Å². The van der Waals surface area contributed by atoms with Crippen LogP contribution < -0.4 is 5.73 Å². The van der Waals surface area contributed by atoms with Crippen molar-refractivity contribution in [3.8, 4) is 6.07 Å². The Morgan fingerprint density at radius 2 is 2.29 bits per heavy atom. The quantitative estimate of drug-likeness (QED) is 0.821. The van der Waals surface area contributed by atoms with Crippen molar-refractivity contribution in [1.29, 1.82) is 5.26 Å². The number of nitrogens with zero attached hydrogens (tertiary/aromatic N) is 2. The molecule has 0 aromatic heterocycles. The summed E-state index contributed by atoms with van der Waals surface area (Å²) in [5.41, 5.74) is 6.62. The highest BCUT2D eigenvalue weighted by Crippen LogP contribution is 2.20. The molecule has 4 heteroatoms. The van der Waals surface area contributed by atoms with E-state index in [1.165, 1.54) is 12.1 Å². The molecule has 92 valence electrons. The first kappa shape index (κ1) is 13.6. The zero-order valence-corrected chi connectivity index (χ0v) is 10.1. The second kappa shape index (κ2) is 7.00. The molecule has 0 saturated heterocycles. The lowest BCUT2D eigenvalue weighted by atomic mass is 10.0. The fourth-order valence-corrected chi connectivity index (χ4v) is 1.94. The number of likely N-dealkylation sites (N-methyl/N-ethyl adjacent to an activating group) is 1. The molecule has 1 atom stereocenters. The lowest BCUT2D eigenvalue weighted by Crippen LogP contribution is -2.34. The zero-order chi connectivity index (χ0) is 12.7. The van der Waals surface area contributed by atoms with E-state index in [0.29, 0.717) is 19.5 Å². The Balaban J connectivity index is 2.85. The number of nitrogens with two attached hydrogens (primary N) is 1. The Labute approximate surface area is 102 Å². The minimum absolute atomic E-state index is 0.0240. The van der Waals surface area contributed by atoms with Crippen LogP contribution in [0.25, 0.3) is 0 Å². The molecule has 0 aliphatic rings. The minimum atomic E-state index is -0.253. The van der Waals surface area contributed by atoms with Crippen molar-refractivity contribution in [3.05, 3.63) is 35.6 Å². The van der Waals surface area contributed by atoms with Gasteiger partial charge in [0.15, 0.2) is 0 Å². The summed E-state index contributed by atoms with van der Waals surface area (Å²) in [6.45, 7) is 3.88. The van der Waals surface area contributed by atoms with Gasteiger partial charge in [0.25, 0.3) is 0 Å². The molecule has 0 aliphatic heterocycles. The third-order valence-corrected chi connectivity index (χ3v) is 2.81. The van der Waals surface area contributed by atoms with Crippen LogP contribution in [-0.4, -0.2) is 24.5 Å². The molecule has 0 saturated carbocycles. The summed E-state index contributed by atoms with van der Waals surface area (Å²) in [6, 6.07) is 8.58. The average Bonchev–Trinajstić information content (AvgIpc) is 2.34. The van der Waals surface area contributed by atoms with Crippen LogP contribution in [-0.2, 0) is 0 Å². The van der Waals surface area contributed by atoms with E-state index in [0.717, 1.165) is 12.1 Å². The molecule has 2 N–H and O–H groups in total. The molecule has 3 nitrogen and oxygen atoms in total. The summed E-state index contributed by atoms with van der Waals surface area (Å²) in [5.74, 6) is -0.253. The summed E-state index contributed by atoms with van der Waals surface area (Å²) in [7, 11) is 0. The molecule has 1 aromatic carbocycles. The molecule has 1 rings (SSSR count). The van der Waals surface area contributed by atoms with Gasteiger partial charge < -0.3 is 5.73 Å². The molecule has 0 bridgehead atoms. The summed E-state index contributed by atoms with van der Waals surface area (Å²) < 4.78 is 13.2. The van der Waals surface area contributed by atoms with Gasteiger partial charge in [0.1, 0.15) is 5.82 Å². The van der Waals surface area contributed by atoms with E-state index in [1.54, 1.807) is 6.07 Å². The maximum Gasteiger partial charge on any atom is 0.123 e. The smallest absolute Gasteiger partial charge is 0.123 e. The lowest BCUT2D eigenvalue weighted by molar-refractivity contribution is 0.217. The number of benzene rings is 1. The summed E-state index contributed by atoms with van der Waals surface area (Å²) in [5, 5.41) is 8.61. The lowest BCUT2D eigenvalue weighted by Gasteiger charge is -2.29. The van der Waals surface area contributed by atoms with E-state index >= 15 is 0 Å². The Kier molecular flexibility index (Phi) is 5.61. The fourth-order valence-electron chi connectivity index (χ4n) is 1.94. The molecule has 1 aromatic rings. The number of hydrogen-bond donors (Lipinski definition) is 1. The second-order valence-electron chi connectivity index (χ2n) is 3.84. The normalized spacial score (nSPS) is 12.4. The van der Waals surface area contributed by atoms with E-state index in [2.05, 4.69) is 11.0 Å². The van der Waals surface area contributed by atoms with Gasteiger partial charge in [-0.25, -0.2) is 4.39 Å². The van der Waals surface area contributed by atoms with Crippen molar-refractivity contribution in [2.75, 3.05) is 19.6 Å². The average molecular weight is 235 g/mol. The largest absolute Gasteiger partial charge is 0.329 e. The Morgan fingerprint density at radius 3 is 2.82 bits per heavy atom. The van der Waals surface area contributed by atoms with Gasteiger partial charge in [-0.1, -0.05) is 19.1 Å². The monoisotopic (exact) mass is 235 g/mol. The molecule has 17 heavy (non-hydrogen) atoms. The van der Waals surface area contributed by atoms with Gasteiger partial charge in [0.05, 0.1) is 6.07 Å². The summed E-state index contributed by atoms with van der Waals surface area (Å²) >= 11 is 0. The Hall–Kier alpha value is -1.44. The second-order valence-corrected chi connectivity index (χ2v) is 3.84. The van der Waals surface area contributed by atoms with Gasteiger partial charge in [-0.3, -0.25) is 4.90 Å². The highest BCUT2D eigenvalue weighted by Gasteiger charge is 2.17. The Morgan fingerprint density at radius 1 is 1.53 bits per heavy atom. The number of nitriles is 1. The van der Waals surface area contributed by atoms with E-state index in [1.807, 2.05) is 13.0 Å². The van der Waals surface area contributed by atoms with Crippen molar-refractivity contribution in [1.82, 2.24) is 4.90 Å². The van der Waals surface area contributed by atoms with Crippen LogP contribution in [0.4, 0.5) is 4.39 Å². The molecular formula is C13H18FN3. The van der Waals surface area contributed by atoms with Crippen LogP contribution >= 0.6 is 0 Å². The SMILES string of the molecule is CCN(CCC#N)C(CN)c1cccc(F)c1. The van der Waals surface area contributed by atoms with Crippen molar-refractivity contribution < 1.29 is 4.39 Å². The summed E-state index contributed by atoms with van der Waals surface area (Å²) in [6.07, 6.45) is 0.458. The van der Waals surface area contributed by atoms with Crippen LogP contribution in [0.1, 0.15) is 24.9 Å².